The highest BCUT2D eigenvalue weighted by atomic mass is 16.6. The van der Waals surface area contributed by atoms with E-state index in [1.54, 1.807) is 20.8 Å². The van der Waals surface area contributed by atoms with Gasteiger partial charge in [0, 0.05) is 35.1 Å². The molecule has 7 N–H and O–H groups in total. The first kappa shape index (κ1) is 27.2. The summed E-state index contributed by atoms with van der Waals surface area (Å²) in [5.74, 6) is -9.97. The first-order valence-corrected chi connectivity index (χ1v) is 11.6. The number of Topliss-reactive ketones (excluding diaryl/α,β-unsaturated/α-hetero) is 2. The standard InChI is InChI=1S/C25H28N3O10/c1-24(2,3)10-7-11(28(37)38)8-6-9-13(19(31)12(8)18(10)30)21(33)25(36)15(17(9)29)16(27(4)5)20(32)14(22(25)34)23(26)35/h6-7,9,15-17,29-31,34,36H,1-5H3,(H2,26,35)/t9-,15-,16+,17+,25+/m0/s1. The number of phenolic OH excluding ortho intramolecular Hbond substituents is 1. The number of phenols is 1. The zero-order chi connectivity index (χ0) is 28.8. The molecule has 0 heterocycles. The van der Waals surface area contributed by atoms with Gasteiger partial charge in [-0.2, -0.15) is 0 Å². The number of likely N-dealkylation sites (N-methyl/N-ethyl adjacent to an activating group) is 1. The minimum atomic E-state index is -3.07. The van der Waals surface area contributed by atoms with Crippen LogP contribution in [0, 0.1) is 28.4 Å². The fourth-order valence-corrected chi connectivity index (χ4v) is 5.81. The number of primary amides is 1. The van der Waals surface area contributed by atoms with Crippen LogP contribution < -0.4 is 5.73 Å². The Balaban J connectivity index is 2.09. The molecule has 5 atom stereocenters. The van der Waals surface area contributed by atoms with Gasteiger partial charge in [-0.1, -0.05) is 20.8 Å². The molecule has 0 unspecified atom stereocenters. The second-order valence-corrected chi connectivity index (χ2v) is 11.0. The van der Waals surface area contributed by atoms with E-state index in [-0.39, 0.29) is 11.1 Å². The van der Waals surface area contributed by atoms with Gasteiger partial charge in [0.2, 0.25) is 5.78 Å². The lowest BCUT2D eigenvalue weighted by Crippen LogP contribution is -2.70. The maximum Gasteiger partial charge on any atom is 0.274 e. The van der Waals surface area contributed by atoms with E-state index in [1.165, 1.54) is 19.0 Å². The Kier molecular flexibility index (Phi) is 5.98. The lowest BCUT2D eigenvalue weighted by molar-refractivity contribution is -0.385. The van der Waals surface area contributed by atoms with Crippen LogP contribution in [0.1, 0.15) is 37.5 Å². The van der Waals surface area contributed by atoms with Gasteiger partial charge in [0.25, 0.3) is 11.6 Å². The molecule has 4 rings (SSSR count). The van der Waals surface area contributed by atoms with E-state index in [0.29, 0.717) is 0 Å². The fraction of sp³-hybridized carbons (Fsp3) is 0.440. The third kappa shape index (κ3) is 3.38. The maximum atomic E-state index is 13.9. The zero-order valence-corrected chi connectivity index (χ0v) is 21.2. The molecule has 13 heteroatoms. The first-order chi connectivity index (χ1) is 17.4. The number of carbonyl (C=O) groups excluding carboxylic acids is 3. The number of benzene rings is 1. The molecule has 0 aromatic heterocycles. The largest absolute Gasteiger partial charge is 0.508 e. The van der Waals surface area contributed by atoms with E-state index in [0.717, 1.165) is 12.5 Å². The number of nitro groups is 1. The minimum Gasteiger partial charge on any atom is -0.508 e. The van der Waals surface area contributed by atoms with Crippen LogP contribution in [-0.2, 0) is 19.8 Å². The van der Waals surface area contributed by atoms with Gasteiger partial charge in [0.1, 0.15) is 22.8 Å². The molecule has 203 valence electrons. The molecule has 1 saturated carbocycles. The average molecular weight is 531 g/mol. The van der Waals surface area contributed by atoms with Crippen LogP contribution in [0.3, 0.4) is 0 Å². The van der Waals surface area contributed by atoms with E-state index >= 15 is 0 Å². The lowest BCUT2D eigenvalue weighted by Gasteiger charge is -2.52. The van der Waals surface area contributed by atoms with Crippen LogP contribution in [0.2, 0.25) is 0 Å². The fourth-order valence-electron chi connectivity index (χ4n) is 5.81. The third-order valence-corrected chi connectivity index (χ3v) is 7.56. The summed E-state index contributed by atoms with van der Waals surface area (Å²) in [5, 5.41) is 68.2. The molecule has 13 nitrogen and oxygen atoms in total. The van der Waals surface area contributed by atoms with Crippen molar-refractivity contribution < 1.29 is 44.8 Å². The molecular formula is C25H28N3O10. The van der Waals surface area contributed by atoms with Crippen molar-refractivity contribution in [3.63, 3.8) is 0 Å². The third-order valence-electron chi connectivity index (χ3n) is 7.56. The number of rotatable bonds is 3. The second kappa shape index (κ2) is 8.35. The highest BCUT2D eigenvalue weighted by Gasteiger charge is 2.67. The van der Waals surface area contributed by atoms with Gasteiger partial charge in [-0.15, -0.1) is 0 Å². The Morgan fingerprint density at radius 1 is 1.18 bits per heavy atom. The summed E-state index contributed by atoms with van der Waals surface area (Å²) in [6.07, 6.45) is -0.766. The highest BCUT2D eigenvalue weighted by molar-refractivity contribution is 6.24. The zero-order valence-electron chi connectivity index (χ0n) is 21.2. The molecule has 3 aliphatic rings. The van der Waals surface area contributed by atoms with Gasteiger partial charge in [-0.25, -0.2) is 0 Å². The number of ketones is 2. The van der Waals surface area contributed by atoms with Crippen molar-refractivity contribution in [1.82, 2.24) is 4.90 Å². The summed E-state index contributed by atoms with van der Waals surface area (Å²) in [4.78, 5) is 51.5. The van der Waals surface area contributed by atoms with Crippen LogP contribution in [0.25, 0.3) is 5.76 Å². The Morgan fingerprint density at radius 3 is 2.24 bits per heavy atom. The van der Waals surface area contributed by atoms with Crippen molar-refractivity contribution in [2.24, 2.45) is 17.6 Å². The molecule has 38 heavy (non-hydrogen) atoms. The quantitative estimate of drug-likeness (QED) is 0.175. The normalized spacial score (nSPS) is 29.3. The molecule has 1 fully saturated rings. The van der Waals surface area contributed by atoms with Gasteiger partial charge in [-0.3, -0.25) is 29.4 Å². The number of nitrogens with zero attached hydrogens (tertiary/aromatic N) is 2. The van der Waals surface area contributed by atoms with Crippen LogP contribution in [0.5, 0.6) is 5.75 Å². The molecule has 1 radical (unpaired) electrons. The van der Waals surface area contributed by atoms with Crippen molar-refractivity contribution in [3.05, 3.63) is 56.2 Å². The SMILES string of the molecule is CN(C)[C@H]1C(=O)C(C(N)=O)=C(O)[C@]2(O)C(=O)C3=C(O)c4c(O)c(C(C)(C)C)cc([N+](=O)[O-])c4[CH][C@@H]3[C@@H](O)[C@H]12. The smallest absolute Gasteiger partial charge is 0.274 e. The van der Waals surface area contributed by atoms with E-state index in [9.17, 15) is 50.0 Å². The monoisotopic (exact) mass is 530 g/mol. The minimum absolute atomic E-state index is 0.0806. The van der Waals surface area contributed by atoms with Crippen LogP contribution in [0.15, 0.2) is 23.0 Å². The number of aliphatic hydroxyl groups is 4. The number of aliphatic hydroxyl groups excluding tert-OH is 3. The molecule has 0 aliphatic heterocycles. The van der Waals surface area contributed by atoms with Crippen molar-refractivity contribution in [2.45, 2.75) is 43.9 Å². The molecule has 0 spiro atoms. The number of aromatic hydroxyl groups is 1. The van der Waals surface area contributed by atoms with Crippen LogP contribution in [0.4, 0.5) is 5.69 Å². The predicted octanol–water partition coefficient (Wildman–Crippen LogP) is 0.150. The second-order valence-electron chi connectivity index (χ2n) is 11.0. The van der Waals surface area contributed by atoms with Crippen molar-refractivity contribution in [2.75, 3.05) is 14.1 Å². The van der Waals surface area contributed by atoms with Crippen molar-refractivity contribution in [3.8, 4) is 5.75 Å². The average Bonchev–Trinajstić information content (AvgIpc) is 2.77. The summed E-state index contributed by atoms with van der Waals surface area (Å²) in [5.41, 5.74) is -1.51. The van der Waals surface area contributed by atoms with E-state index in [4.69, 9.17) is 5.73 Å². The number of fused-ring (bicyclic) bond motifs is 3. The molecule has 3 aliphatic carbocycles. The highest BCUT2D eigenvalue weighted by Crippen LogP contribution is 2.55. The number of carbonyl (C=O) groups is 3. The van der Waals surface area contributed by atoms with E-state index in [2.05, 4.69) is 0 Å². The van der Waals surface area contributed by atoms with Crippen molar-refractivity contribution >= 4 is 28.9 Å². The Labute approximate surface area is 216 Å². The van der Waals surface area contributed by atoms with Crippen LogP contribution in [-0.4, -0.2) is 84.7 Å². The number of amides is 1. The number of nitro benzene ring substituents is 1. The summed E-state index contributed by atoms with van der Waals surface area (Å²) in [7, 11) is 2.75. The molecule has 0 bridgehead atoms. The van der Waals surface area contributed by atoms with E-state index in [1.807, 2.05) is 0 Å². The number of hydrogen-bond acceptors (Lipinski definition) is 11. The van der Waals surface area contributed by atoms with Gasteiger partial charge >= 0.3 is 0 Å². The summed E-state index contributed by atoms with van der Waals surface area (Å²) >= 11 is 0. The Bertz CT molecular complexity index is 1390. The lowest BCUT2D eigenvalue weighted by atomic mass is 9.56. The topological polar surface area (TPSA) is 225 Å². The van der Waals surface area contributed by atoms with E-state index < -0.39 is 97.1 Å². The Hall–Kier alpha value is -3.81. The molecule has 0 saturated heterocycles. The summed E-state index contributed by atoms with van der Waals surface area (Å²) in [6.45, 7) is 4.99. The maximum absolute atomic E-state index is 13.9. The van der Waals surface area contributed by atoms with Gasteiger partial charge in [0.05, 0.1) is 28.6 Å². The van der Waals surface area contributed by atoms with Gasteiger partial charge < -0.3 is 31.3 Å². The molecule has 1 aromatic rings. The molecular weight excluding hydrogens is 502 g/mol. The van der Waals surface area contributed by atoms with Gasteiger partial charge in [-0.05, 0) is 19.5 Å². The van der Waals surface area contributed by atoms with Gasteiger partial charge in [0.15, 0.2) is 11.4 Å². The Morgan fingerprint density at radius 2 is 1.76 bits per heavy atom. The first-order valence-electron chi connectivity index (χ1n) is 11.6. The molecule has 1 aromatic carbocycles. The summed E-state index contributed by atoms with van der Waals surface area (Å²) in [6, 6.07) is -0.390. The predicted molar refractivity (Wildman–Crippen MR) is 131 cm³/mol. The number of hydrogen-bond donors (Lipinski definition) is 6. The number of nitrogens with two attached hydrogens (primary N) is 1. The van der Waals surface area contributed by atoms with Crippen molar-refractivity contribution in [1.29, 1.82) is 0 Å². The van der Waals surface area contributed by atoms with Crippen LogP contribution >= 0.6 is 0 Å². The summed E-state index contributed by atoms with van der Waals surface area (Å²) < 4.78 is 0. The molecule has 1 amide bonds.